The molecule has 3 nitrogen and oxygen atoms in total. The van der Waals surface area contributed by atoms with Gasteiger partial charge in [0.25, 0.3) is 0 Å². The van der Waals surface area contributed by atoms with Crippen molar-refractivity contribution >= 4 is 5.97 Å². The molecule has 2 aliphatic heterocycles. The Morgan fingerprint density at radius 2 is 1.64 bits per heavy atom. The van der Waals surface area contributed by atoms with Crippen LogP contribution in [0, 0.1) is 5.92 Å². The molecule has 0 amide bonds. The van der Waals surface area contributed by atoms with Crippen LogP contribution in [0.1, 0.15) is 69.3 Å². The lowest BCUT2D eigenvalue weighted by Crippen LogP contribution is -2.44. The molecule has 1 aromatic rings. The molecule has 1 unspecified atom stereocenters. The van der Waals surface area contributed by atoms with Gasteiger partial charge in [-0.15, -0.1) is 0 Å². The lowest BCUT2D eigenvalue weighted by atomic mass is 9.77. The molecule has 3 heteroatoms. The van der Waals surface area contributed by atoms with Gasteiger partial charge in [-0.25, -0.2) is 0 Å². The maximum absolute atomic E-state index is 13.2. The molecule has 4 atom stereocenters. The Hall–Kier alpha value is -1.35. The number of carbonyl (C=O) groups excluding carboxylic acids is 1. The number of hydrogen-bond acceptors (Lipinski definition) is 3. The molecule has 4 rings (SSSR count). The van der Waals surface area contributed by atoms with E-state index in [4.69, 9.17) is 4.74 Å². The lowest BCUT2D eigenvalue weighted by molar-refractivity contribution is -0.156. The predicted octanol–water partition coefficient (Wildman–Crippen LogP) is 4.52. The SMILES string of the molecule is CN1[C@@H]2CC[C@H]1CC(OC(=O)[C@@H](c1ccccc1)C1CCCCC1)C2. The number of carbonyl (C=O) groups is 1. The van der Waals surface area contributed by atoms with E-state index in [-0.39, 0.29) is 18.0 Å². The molecule has 136 valence electrons. The zero-order chi connectivity index (χ0) is 17.2. The number of ether oxygens (including phenoxy) is 1. The smallest absolute Gasteiger partial charge is 0.313 e. The Bertz CT molecular complexity index is 567. The van der Waals surface area contributed by atoms with Crippen molar-refractivity contribution in [2.45, 2.75) is 81.9 Å². The number of piperidine rings is 1. The molecule has 3 aliphatic rings. The minimum Gasteiger partial charge on any atom is -0.462 e. The van der Waals surface area contributed by atoms with E-state index in [9.17, 15) is 4.79 Å². The third kappa shape index (κ3) is 3.62. The Morgan fingerprint density at radius 1 is 1.00 bits per heavy atom. The van der Waals surface area contributed by atoms with Gasteiger partial charge in [0, 0.05) is 12.1 Å². The molecule has 25 heavy (non-hydrogen) atoms. The first-order valence-corrected chi connectivity index (χ1v) is 10.2. The van der Waals surface area contributed by atoms with Crippen molar-refractivity contribution in [3.8, 4) is 0 Å². The highest BCUT2D eigenvalue weighted by atomic mass is 16.5. The van der Waals surface area contributed by atoms with Crippen molar-refractivity contribution in [1.29, 1.82) is 0 Å². The molecule has 2 saturated heterocycles. The fraction of sp³-hybridized carbons (Fsp3) is 0.682. The number of rotatable bonds is 4. The van der Waals surface area contributed by atoms with Crippen LogP contribution in [0.3, 0.4) is 0 Å². The summed E-state index contributed by atoms with van der Waals surface area (Å²) in [6.45, 7) is 0. The number of fused-ring (bicyclic) bond motifs is 2. The normalized spacial score (nSPS) is 31.6. The molecule has 0 radical (unpaired) electrons. The Kier molecular flexibility index (Phi) is 5.12. The predicted molar refractivity (Wildman–Crippen MR) is 99.4 cm³/mol. The second-order valence-corrected chi connectivity index (χ2v) is 8.37. The van der Waals surface area contributed by atoms with Crippen molar-refractivity contribution in [1.82, 2.24) is 4.90 Å². The van der Waals surface area contributed by atoms with Crippen LogP contribution in [0.25, 0.3) is 0 Å². The maximum Gasteiger partial charge on any atom is 0.313 e. The van der Waals surface area contributed by atoms with Crippen LogP contribution in [-0.2, 0) is 9.53 Å². The third-order valence-electron chi connectivity index (χ3n) is 6.87. The summed E-state index contributed by atoms with van der Waals surface area (Å²) in [7, 11) is 2.23. The number of nitrogens with zero attached hydrogens (tertiary/aromatic N) is 1. The minimum atomic E-state index is -0.0705. The van der Waals surface area contributed by atoms with Gasteiger partial charge in [0.15, 0.2) is 0 Å². The van der Waals surface area contributed by atoms with E-state index in [1.807, 2.05) is 18.2 Å². The molecule has 1 aliphatic carbocycles. The average Bonchev–Trinajstić information content (AvgIpc) is 2.84. The van der Waals surface area contributed by atoms with Crippen LogP contribution in [-0.4, -0.2) is 36.1 Å². The fourth-order valence-corrected chi connectivity index (χ4v) is 5.42. The van der Waals surface area contributed by atoms with Gasteiger partial charge in [-0.05, 0) is 57.1 Å². The Balaban J connectivity index is 1.48. The van der Waals surface area contributed by atoms with Gasteiger partial charge in [-0.3, -0.25) is 4.79 Å². The summed E-state index contributed by atoms with van der Waals surface area (Å²) < 4.78 is 6.12. The van der Waals surface area contributed by atoms with Gasteiger partial charge in [-0.2, -0.15) is 0 Å². The van der Waals surface area contributed by atoms with E-state index in [1.54, 1.807) is 0 Å². The number of benzene rings is 1. The summed E-state index contributed by atoms with van der Waals surface area (Å²) in [5.74, 6) is 0.414. The van der Waals surface area contributed by atoms with Crippen molar-refractivity contribution in [2.24, 2.45) is 5.92 Å². The second-order valence-electron chi connectivity index (χ2n) is 8.37. The van der Waals surface area contributed by atoms with Crippen molar-refractivity contribution in [3.05, 3.63) is 35.9 Å². The first-order chi connectivity index (χ1) is 12.2. The highest BCUT2D eigenvalue weighted by Crippen LogP contribution is 2.39. The Morgan fingerprint density at radius 3 is 2.28 bits per heavy atom. The highest BCUT2D eigenvalue weighted by Gasteiger charge is 2.41. The van der Waals surface area contributed by atoms with Crippen LogP contribution in [0.15, 0.2) is 30.3 Å². The number of hydrogen-bond donors (Lipinski definition) is 0. The summed E-state index contributed by atoms with van der Waals surface area (Å²) in [6, 6.07) is 11.6. The second kappa shape index (κ2) is 7.49. The van der Waals surface area contributed by atoms with Crippen LogP contribution < -0.4 is 0 Å². The minimum absolute atomic E-state index is 0.0343. The van der Waals surface area contributed by atoms with E-state index in [0.29, 0.717) is 18.0 Å². The first kappa shape index (κ1) is 17.1. The average molecular weight is 341 g/mol. The van der Waals surface area contributed by atoms with E-state index in [2.05, 4.69) is 24.1 Å². The van der Waals surface area contributed by atoms with Gasteiger partial charge in [-0.1, -0.05) is 49.6 Å². The topological polar surface area (TPSA) is 29.5 Å². The van der Waals surface area contributed by atoms with Crippen molar-refractivity contribution < 1.29 is 9.53 Å². The van der Waals surface area contributed by atoms with Gasteiger partial charge in [0.2, 0.25) is 0 Å². The first-order valence-electron chi connectivity index (χ1n) is 10.2. The van der Waals surface area contributed by atoms with E-state index in [0.717, 1.165) is 31.2 Å². The molecule has 1 saturated carbocycles. The standard InChI is InChI=1S/C22H31NO2/c1-23-18-12-13-19(23)15-20(14-18)25-22(24)21(16-8-4-2-5-9-16)17-10-6-3-7-11-17/h2,4-5,8-9,17-21H,3,6-7,10-15H2,1H3/t18-,19+,20?,21-/m0/s1. The molecule has 0 N–H and O–H groups in total. The molecule has 0 spiro atoms. The van der Waals surface area contributed by atoms with Gasteiger partial charge < -0.3 is 9.64 Å². The van der Waals surface area contributed by atoms with Crippen LogP contribution in [0.4, 0.5) is 0 Å². The quantitative estimate of drug-likeness (QED) is 0.754. The summed E-state index contributed by atoms with van der Waals surface area (Å²) in [6.07, 6.45) is 10.8. The monoisotopic (exact) mass is 341 g/mol. The molecular formula is C22H31NO2. The van der Waals surface area contributed by atoms with Gasteiger partial charge >= 0.3 is 5.97 Å². The van der Waals surface area contributed by atoms with Crippen molar-refractivity contribution in [3.63, 3.8) is 0 Å². The zero-order valence-corrected chi connectivity index (χ0v) is 15.4. The molecule has 1 aromatic carbocycles. The summed E-state index contributed by atoms with van der Waals surface area (Å²) in [4.78, 5) is 15.7. The number of esters is 1. The summed E-state index contributed by atoms with van der Waals surface area (Å²) in [5, 5.41) is 0. The highest BCUT2D eigenvalue weighted by molar-refractivity contribution is 5.78. The summed E-state index contributed by atoms with van der Waals surface area (Å²) in [5.41, 5.74) is 1.15. The van der Waals surface area contributed by atoms with E-state index < -0.39 is 0 Å². The zero-order valence-electron chi connectivity index (χ0n) is 15.4. The molecule has 3 fully saturated rings. The Labute approximate surface area is 151 Å². The van der Waals surface area contributed by atoms with Crippen LogP contribution in [0.5, 0.6) is 0 Å². The molecule has 0 aromatic heterocycles. The largest absolute Gasteiger partial charge is 0.462 e. The van der Waals surface area contributed by atoms with E-state index in [1.165, 1.54) is 32.1 Å². The fourth-order valence-electron chi connectivity index (χ4n) is 5.42. The summed E-state index contributed by atoms with van der Waals surface area (Å²) >= 11 is 0. The third-order valence-corrected chi connectivity index (χ3v) is 6.87. The van der Waals surface area contributed by atoms with Crippen LogP contribution in [0.2, 0.25) is 0 Å². The van der Waals surface area contributed by atoms with Gasteiger partial charge in [0.1, 0.15) is 6.10 Å². The molecule has 2 heterocycles. The van der Waals surface area contributed by atoms with Crippen LogP contribution >= 0.6 is 0 Å². The van der Waals surface area contributed by atoms with Crippen molar-refractivity contribution in [2.75, 3.05) is 7.05 Å². The lowest BCUT2D eigenvalue weighted by Gasteiger charge is -2.37. The molecule has 2 bridgehead atoms. The molecular weight excluding hydrogens is 310 g/mol. The van der Waals surface area contributed by atoms with E-state index >= 15 is 0 Å². The maximum atomic E-state index is 13.2. The van der Waals surface area contributed by atoms with Gasteiger partial charge in [0.05, 0.1) is 5.92 Å².